The van der Waals surface area contributed by atoms with E-state index in [2.05, 4.69) is 27.4 Å². The lowest BCUT2D eigenvalue weighted by atomic mass is 10.3. The Kier molecular flexibility index (Phi) is 7.98. The van der Waals surface area contributed by atoms with Gasteiger partial charge in [-0.15, -0.1) is 16.8 Å². The summed E-state index contributed by atoms with van der Waals surface area (Å²) in [5.41, 5.74) is 0.742. The van der Waals surface area contributed by atoms with Gasteiger partial charge in [0, 0.05) is 12.2 Å². The van der Waals surface area contributed by atoms with Crippen LogP contribution in [0.3, 0.4) is 0 Å². The zero-order valence-electron chi connectivity index (χ0n) is 17.4. The lowest BCUT2D eigenvalue weighted by Crippen LogP contribution is -2.18. The Morgan fingerprint density at radius 3 is 2.56 bits per heavy atom. The molecule has 0 radical (unpaired) electrons. The first kappa shape index (κ1) is 23.0. The number of anilines is 2. The van der Waals surface area contributed by atoms with Gasteiger partial charge in [-0.3, -0.25) is 9.59 Å². The van der Waals surface area contributed by atoms with Crippen molar-refractivity contribution in [2.45, 2.75) is 18.1 Å². The highest BCUT2D eigenvalue weighted by atomic mass is 32.2. The summed E-state index contributed by atoms with van der Waals surface area (Å²) in [6.07, 6.45) is 1.54. The van der Waals surface area contributed by atoms with Crippen LogP contribution < -0.4 is 15.4 Å². The lowest BCUT2D eigenvalue weighted by molar-refractivity contribution is -0.116. The standard InChI is InChI=1S/C22H22FN5O3S/c1-3-12-28-19(13-20(29)25-18-7-5-4-6-17(18)23)26-27-22(28)32-14-21(30)24-15-8-10-16(31-2)11-9-15/h3-11H,1,12-14H2,2H3,(H,24,30)(H,25,29). The normalized spacial score (nSPS) is 10.4. The molecule has 0 saturated heterocycles. The number of nitrogens with one attached hydrogen (secondary N) is 2. The van der Waals surface area contributed by atoms with Crippen molar-refractivity contribution < 1.29 is 18.7 Å². The van der Waals surface area contributed by atoms with Crippen LogP contribution in [0.1, 0.15) is 5.82 Å². The SMILES string of the molecule is C=CCn1c(CC(=O)Nc2ccccc2F)nnc1SCC(=O)Nc1ccc(OC)cc1. The van der Waals surface area contributed by atoms with Gasteiger partial charge < -0.3 is 19.9 Å². The number of para-hydroxylation sites is 1. The van der Waals surface area contributed by atoms with E-state index in [0.29, 0.717) is 29.0 Å². The number of allylic oxidation sites excluding steroid dienone is 1. The second kappa shape index (κ2) is 11.1. The third-order valence-corrected chi connectivity index (χ3v) is 5.24. The minimum Gasteiger partial charge on any atom is -0.497 e. The Morgan fingerprint density at radius 2 is 1.88 bits per heavy atom. The first-order chi connectivity index (χ1) is 15.5. The van der Waals surface area contributed by atoms with Gasteiger partial charge in [-0.1, -0.05) is 30.0 Å². The predicted octanol–water partition coefficient (Wildman–Crippen LogP) is 3.52. The van der Waals surface area contributed by atoms with Gasteiger partial charge >= 0.3 is 0 Å². The number of ether oxygens (including phenoxy) is 1. The predicted molar refractivity (Wildman–Crippen MR) is 121 cm³/mol. The number of rotatable bonds is 10. The first-order valence-corrected chi connectivity index (χ1v) is 10.6. The Labute approximate surface area is 188 Å². The molecule has 0 unspecified atom stereocenters. The average Bonchev–Trinajstić information content (AvgIpc) is 3.16. The molecule has 3 rings (SSSR count). The molecule has 0 aliphatic rings. The van der Waals surface area contributed by atoms with E-state index in [4.69, 9.17) is 4.74 Å². The minimum absolute atomic E-state index is 0.0945. The summed E-state index contributed by atoms with van der Waals surface area (Å²) in [7, 11) is 1.57. The number of aromatic nitrogens is 3. The maximum Gasteiger partial charge on any atom is 0.234 e. The Bertz CT molecular complexity index is 1100. The zero-order chi connectivity index (χ0) is 22.9. The van der Waals surface area contributed by atoms with Crippen LogP contribution >= 0.6 is 11.8 Å². The van der Waals surface area contributed by atoms with Crippen molar-refractivity contribution in [1.82, 2.24) is 14.8 Å². The third-order valence-electron chi connectivity index (χ3n) is 4.28. The van der Waals surface area contributed by atoms with E-state index in [0.717, 1.165) is 0 Å². The molecule has 0 atom stereocenters. The number of hydrogen-bond donors (Lipinski definition) is 2. The highest BCUT2D eigenvalue weighted by molar-refractivity contribution is 7.99. The molecule has 1 heterocycles. The van der Waals surface area contributed by atoms with E-state index in [1.54, 1.807) is 54.2 Å². The highest BCUT2D eigenvalue weighted by Gasteiger charge is 2.17. The van der Waals surface area contributed by atoms with Crippen molar-refractivity contribution in [2.75, 3.05) is 23.5 Å². The van der Waals surface area contributed by atoms with Crippen molar-refractivity contribution in [3.63, 3.8) is 0 Å². The smallest absolute Gasteiger partial charge is 0.234 e. The van der Waals surface area contributed by atoms with Crippen LogP contribution in [0.2, 0.25) is 0 Å². The molecule has 8 nitrogen and oxygen atoms in total. The summed E-state index contributed by atoms with van der Waals surface area (Å²) < 4.78 is 20.5. The fourth-order valence-electron chi connectivity index (χ4n) is 2.77. The van der Waals surface area contributed by atoms with Gasteiger partial charge in [0.05, 0.1) is 25.0 Å². The molecule has 0 saturated carbocycles. The summed E-state index contributed by atoms with van der Waals surface area (Å²) >= 11 is 1.19. The number of carbonyl (C=O) groups excluding carboxylic acids is 2. The van der Waals surface area contributed by atoms with Gasteiger partial charge in [-0.25, -0.2) is 4.39 Å². The molecule has 2 amide bonds. The van der Waals surface area contributed by atoms with Crippen molar-refractivity contribution in [3.8, 4) is 5.75 Å². The van der Waals surface area contributed by atoms with Gasteiger partial charge in [0.1, 0.15) is 17.4 Å². The van der Waals surface area contributed by atoms with E-state index in [1.807, 2.05) is 0 Å². The van der Waals surface area contributed by atoms with E-state index >= 15 is 0 Å². The van der Waals surface area contributed by atoms with Crippen molar-refractivity contribution in [2.24, 2.45) is 0 Å². The second-order valence-electron chi connectivity index (χ2n) is 6.57. The highest BCUT2D eigenvalue weighted by Crippen LogP contribution is 2.20. The summed E-state index contributed by atoms with van der Waals surface area (Å²) in [5.74, 6) is 0.0162. The van der Waals surface area contributed by atoms with Crippen LogP contribution in [0, 0.1) is 5.82 Å². The van der Waals surface area contributed by atoms with Crippen LogP contribution in [0.4, 0.5) is 15.8 Å². The van der Waals surface area contributed by atoms with Crippen molar-refractivity contribution >= 4 is 35.0 Å². The zero-order valence-corrected chi connectivity index (χ0v) is 18.2. The number of carbonyl (C=O) groups is 2. The molecule has 32 heavy (non-hydrogen) atoms. The molecule has 1 aromatic heterocycles. The number of thioether (sulfide) groups is 1. The summed E-state index contributed by atoms with van der Waals surface area (Å²) in [5, 5.41) is 13.9. The van der Waals surface area contributed by atoms with Crippen LogP contribution in [-0.2, 0) is 22.6 Å². The number of halogens is 1. The molecule has 0 aliphatic heterocycles. The second-order valence-corrected chi connectivity index (χ2v) is 7.51. The lowest BCUT2D eigenvalue weighted by Gasteiger charge is -2.09. The molecule has 2 N–H and O–H groups in total. The summed E-state index contributed by atoms with van der Waals surface area (Å²) in [4.78, 5) is 24.6. The van der Waals surface area contributed by atoms with Gasteiger partial charge in [0.25, 0.3) is 0 Å². The van der Waals surface area contributed by atoms with Gasteiger partial charge in [0.15, 0.2) is 5.16 Å². The molecule has 2 aromatic carbocycles. The van der Waals surface area contributed by atoms with Crippen LogP contribution in [0.5, 0.6) is 5.75 Å². The van der Waals surface area contributed by atoms with Crippen LogP contribution in [0.25, 0.3) is 0 Å². The molecule has 0 fully saturated rings. The molecule has 3 aromatic rings. The molecule has 0 bridgehead atoms. The fraction of sp³-hybridized carbons (Fsp3) is 0.182. The number of amides is 2. The van der Waals surface area contributed by atoms with Crippen molar-refractivity contribution in [1.29, 1.82) is 0 Å². The monoisotopic (exact) mass is 455 g/mol. The number of hydrogen-bond acceptors (Lipinski definition) is 6. The molecular formula is C22H22FN5O3S. The molecule has 10 heteroatoms. The van der Waals surface area contributed by atoms with Crippen LogP contribution in [0.15, 0.2) is 66.3 Å². The summed E-state index contributed by atoms with van der Waals surface area (Å²) in [6.45, 7) is 4.08. The molecule has 0 spiro atoms. The number of nitrogens with zero attached hydrogens (tertiary/aromatic N) is 3. The topological polar surface area (TPSA) is 98.1 Å². The van der Waals surface area contributed by atoms with Crippen molar-refractivity contribution in [3.05, 3.63) is 72.8 Å². The number of benzene rings is 2. The Morgan fingerprint density at radius 1 is 1.12 bits per heavy atom. The van der Waals surface area contributed by atoms with Crippen LogP contribution in [-0.4, -0.2) is 39.4 Å². The van der Waals surface area contributed by atoms with Gasteiger partial charge in [0.2, 0.25) is 11.8 Å². The molecule has 0 aliphatic carbocycles. The minimum atomic E-state index is -0.521. The van der Waals surface area contributed by atoms with E-state index in [1.165, 1.54) is 23.9 Å². The Balaban J connectivity index is 1.60. The van der Waals surface area contributed by atoms with E-state index < -0.39 is 11.7 Å². The maximum absolute atomic E-state index is 13.8. The quantitative estimate of drug-likeness (QED) is 0.359. The Hall–Kier alpha value is -3.66. The summed E-state index contributed by atoms with van der Waals surface area (Å²) in [6, 6.07) is 12.9. The fourth-order valence-corrected chi connectivity index (χ4v) is 3.54. The average molecular weight is 456 g/mol. The molecular weight excluding hydrogens is 433 g/mol. The first-order valence-electron chi connectivity index (χ1n) is 9.64. The third kappa shape index (κ3) is 6.17. The maximum atomic E-state index is 13.8. The number of methoxy groups -OCH3 is 1. The molecule has 166 valence electrons. The van der Waals surface area contributed by atoms with E-state index in [9.17, 15) is 14.0 Å². The van der Waals surface area contributed by atoms with E-state index in [-0.39, 0.29) is 23.8 Å². The van der Waals surface area contributed by atoms with Gasteiger partial charge in [-0.2, -0.15) is 0 Å². The van der Waals surface area contributed by atoms with Gasteiger partial charge in [-0.05, 0) is 36.4 Å². The largest absolute Gasteiger partial charge is 0.497 e.